The number of hydrogen-bond acceptors (Lipinski definition) is 28. The summed E-state index contributed by atoms with van der Waals surface area (Å²) in [4.78, 5) is 28.7. The molecule has 0 aromatic carbocycles. The lowest BCUT2D eigenvalue weighted by molar-refractivity contribution is -0.341. The highest BCUT2D eigenvalue weighted by Gasteiger charge is 2.63. The van der Waals surface area contributed by atoms with Gasteiger partial charge in [0.2, 0.25) is 0 Å². The zero-order valence-electron chi connectivity index (χ0n) is 76.2. The molecular weight excluding hydrogens is 1590 g/mol. The van der Waals surface area contributed by atoms with Gasteiger partial charge in [0.05, 0.1) is 98.7 Å². The summed E-state index contributed by atoms with van der Waals surface area (Å²) < 4.78 is 128. The summed E-state index contributed by atoms with van der Waals surface area (Å²) in [7, 11) is 6.45. The third kappa shape index (κ3) is 20.8. The first-order valence-electron chi connectivity index (χ1n) is 45.8. The number of allylic oxidation sites excluding steroid dienone is 4. The molecule has 0 amide bonds. The minimum atomic E-state index is -1.82. The lowest BCUT2D eigenvalue weighted by Gasteiger charge is -2.51. The van der Waals surface area contributed by atoms with E-state index in [4.69, 9.17) is 94.7 Å². The molecule has 28 nitrogen and oxygen atoms in total. The zero-order chi connectivity index (χ0) is 88.6. The Morgan fingerprint density at radius 3 is 1.24 bits per heavy atom. The minimum Gasteiger partial charge on any atom is -0.462 e. The number of esters is 2. The van der Waals surface area contributed by atoms with E-state index in [-0.39, 0.29) is 67.6 Å². The van der Waals surface area contributed by atoms with Crippen LogP contribution >= 0.6 is 0 Å². The van der Waals surface area contributed by atoms with Crippen molar-refractivity contribution in [1.29, 1.82) is 0 Å². The molecule has 0 saturated carbocycles. The second-order valence-electron chi connectivity index (χ2n) is 38.6. The molecule has 12 aliphatic heterocycles. The first-order valence-corrected chi connectivity index (χ1v) is 45.8. The smallest absolute Gasteiger partial charge is 0.316 e. The van der Waals surface area contributed by atoms with Crippen LogP contribution in [0.2, 0.25) is 0 Å². The molecule has 10 saturated heterocycles. The number of hydrogen-bond donors (Lipinski definition) is 6. The first kappa shape index (κ1) is 96.5. The fourth-order valence-electron chi connectivity index (χ4n) is 21.8. The van der Waals surface area contributed by atoms with Gasteiger partial charge >= 0.3 is 11.9 Å². The number of carbonyl (C=O) groups is 2. The van der Waals surface area contributed by atoms with Gasteiger partial charge in [-0.3, -0.25) is 9.59 Å². The number of fused-ring (bicyclic) bond motifs is 4. The number of methoxy groups -OCH3 is 4. The molecule has 4 bridgehead atoms. The van der Waals surface area contributed by atoms with Crippen molar-refractivity contribution >= 4 is 11.9 Å². The molecule has 6 N–H and O–H groups in total. The highest BCUT2D eigenvalue weighted by atomic mass is 16.8. The van der Waals surface area contributed by atoms with E-state index in [0.717, 1.165) is 30.4 Å². The Morgan fingerprint density at radius 2 is 0.846 bits per heavy atom. The molecule has 2 spiro atoms. The molecule has 0 radical (unpaired) electrons. The molecule has 2 unspecified atom stereocenters. The summed E-state index contributed by atoms with van der Waals surface area (Å²) in [6, 6.07) is 0. The fraction of sp³-hybridized carbons (Fsp3) is 0.811. The van der Waals surface area contributed by atoms with Crippen molar-refractivity contribution in [2.24, 2.45) is 47.3 Å². The second-order valence-corrected chi connectivity index (χ2v) is 38.6. The quantitative estimate of drug-likeness (QED) is 0.0655. The Balaban J connectivity index is 0.000000212. The monoisotopic (exact) mass is 1740 g/mol. The first-order chi connectivity index (χ1) is 58.5. The van der Waals surface area contributed by atoms with Crippen LogP contribution < -0.4 is 0 Å². The van der Waals surface area contributed by atoms with Gasteiger partial charge in [0.15, 0.2) is 36.7 Å². The van der Waals surface area contributed by atoms with E-state index < -0.39 is 182 Å². The summed E-state index contributed by atoms with van der Waals surface area (Å²) in [5, 5.41) is 68.4. The standard InChI is InChI=1S/C48H74O14.C47H72O14/c1-11-25(2)43-28(5)17-18-47(62-43)23-34-20-33(61-47)16-15-27(4)42(26(3)13-12-14-32-24-55-45-40(49)29(6)19-35(46(51)58-34)48(32,45)52)59-39-22-37(54-10)44(31(8)57-39)60-38-21-36(53-9)41(50)30(7)56-38;1-24(2)41-27(5)16-17-46(61-41)22-33-19-32(60-46)15-14-26(4)42(25(3)12-11-13-31-23-54-44-39(48)28(6)18-34(45(50)57-33)47(31,44)51)58-38-21-36(53-10)43(30(8)56-38)59-37-20-35(52-9)40(49)29(7)55-37/h12-15,19,25-26,28,30-31,33-45,49-50,52H,11,16-18,20-24H2,1-10H3;11-14,18,24-25,27,29-30,32-44,48-49,51H,15-17,19-23H2,1-10H3/t25-,26-,28-,30-,31-,33+,34-,35-,36-,37-,38-,39-,40+,41-,42-,43+,44?,45+,47+,48+;25-,27-,29-,30-,32+,33-,34-,35-,36-,37-,38-,39+,40-,41+,42-,43?,44+,46+,47+/m00/s1. The van der Waals surface area contributed by atoms with Crippen LogP contribution in [0.1, 0.15) is 207 Å². The third-order valence-electron chi connectivity index (χ3n) is 29.3. The average molecular weight is 1740 g/mol. The van der Waals surface area contributed by atoms with Gasteiger partial charge in [0, 0.05) is 104 Å². The molecule has 14 rings (SSSR count). The third-order valence-corrected chi connectivity index (χ3v) is 29.3. The average Bonchev–Trinajstić information content (AvgIpc) is 1.64. The van der Waals surface area contributed by atoms with Crippen LogP contribution in [-0.2, 0) is 104 Å². The lowest BCUT2D eigenvalue weighted by Crippen LogP contribution is -2.58. The predicted octanol–water partition coefficient (Wildman–Crippen LogP) is 10.8. The van der Waals surface area contributed by atoms with Gasteiger partial charge in [-0.25, -0.2) is 0 Å². The Hall–Kier alpha value is -4.10. The Kier molecular flexibility index (Phi) is 31.9. The van der Waals surface area contributed by atoms with E-state index in [0.29, 0.717) is 117 Å². The predicted molar refractivity (Wildman–Crippen MR) is 450 cm³/mol. The Labute approximate surface area is 728 Å². The molecule has 12 heterocycles. The van der Waals surface area contributed by atoms with Crippen LogP contribution in [0.4, 0.5) is 0 Å². The van der Waals surface area contributed by atoms with Crippen LogP contribution in [0.3, 0.4) is 0 Å². The van der Waals surface area contributed by atoms with E-state index in [9.17, 15) is 40.2 Å². The Morgan fingerprint density at radius 1 is 0.472 bits per heavy atom. The topological polar surface area (TPSA) is 340 Å². The molecule has 0 aromatic heterocycles. The van der Waals surface area contributed by atoms with Gasteiger partial charge in [0.25, 0.3) is 0 Å². The van der Waals surface area contributed by atoms with Crippen LogP contribution in [0.15, 0.2) is 94.2 Å². The maximum Gasteiger partial charge on any atom is 0.316 e. The lowest BCUT2D eigenvalue weighted by atomic mass is 9.71. The normalized spacial score (nSPS) is 47.3. The fourth-order valence-corrected chi connectivity index (χ4v) is 21.8. The van der Waals surface area contributed by atoms with Crippen molar-refractivity contribution in [2.75, 3.05) is 41.7 Å². The van der Waals surface area contributed by atoms with Crippen molar-refractivity contribution in [3.8, 4) is 0 Å². The summed E-state index contributed by atoms with van der Waals surface area (Å²) >= 11 is 0. The molecule has 28 heteroatoms. The van der Waals surface area contributed by atoms with Crippen molar-refractivity contribution in [2.45, 2.75) is 402 Å². The molecule has 694 valence electrons. The van der Waals surface area contributed by atoms with Crippen LogP contribution in [-0.4, -0.2) is 279 Å². The SMILES string of the molecule is CC[C@H](C)[C@H]1O[C@]2(CC[C@@H]1C)C[C@@H]1C[C@@H](CC=C(C)[C@@H](O[C@H]3C[C@H](OC)C(O[C@H]4C[C@H](OC)[C@@H](O)[C@H](C)O4)[C@H](C)O3)[C@@H](C)C=CC=C3CO[C@@H]4[C@H](O)C(C)=C[C@@H](C(=O)O1)[C@]34O)O2.CO[C@H]1C[C@H](O[C@@H]2C(C)=CC[C@@H]3C[C@@H](C[C@]4(CC[C@H](C)[C@@H](C(C)C)O4)O3)OC(=O)[C@@H]3C=C(C)[C@@H](O)[C@H]4OCC(=CC=C[C@@H]2C)[C@]43O)O[C@@H](C)C1O[C@H]1C[C@H](OC)[C@@H](O)[C@H](C)O1. The van der Waals surface area contributed by atoms with E-state index in [1.807, 2.05) is 38.2 Å². The van der Waals surface area contributed by atoms with Gasteiger partial charge in [-0.2, -0.15) is 0 Å². The van der Waals surface area contributed by atoms with E-state index >= 15 is 0 Å². The highest BCUT2D eigenvalue weighted by Crippen LogP contribution is 2.52. The van der Waals surface area contributed by atoms with Crippen LogP contribution in [0.5, 0.6) is 0 Å². The maximum atomic E-state index is 14.4. The summed E-state index contributed by atoms with van der Waals surface area (Å²) in [6.45, 7) is 32.5. The van der Waals surface area contributed by atoms with Crippen LogP contribution in [0.25, 0.3) is 0 Å². The van der Waals surface area contributed by atoms with Gasteiger partial charge in [-0.15, -0.1) is 0 Å². The molecule has 0 aromatic rings. The molecule has 123 heavy (non-hydrogen) atoms. The highest BCUT2D eigenvalue weighted by molar-refractivity contribution is 5.79. The summed E-state index contributed by atoms with van der Waals surface area (Å²) in [5.41, 5.74) is 0.372. The molecule has 39 atom stereocenters. The summed E-state index contributed by atoms with van der Waals surface area (Å²) in [6.07, 6.45) is 12.1. The van der Waals surface area contributed by atoms with Gasteiger partial charge in [0.1, 0.15) is 84.1 Å². The van der Waals surface area contributed by atoms with E-state index in [2.05, 4.69) is 81.4 Å². The number of carbonyl (C=O) groups excluding carboxylic acids is 2. The number of rotatable bonds is 15. The second kappa shape index (κ2) is 40.7. The number of aliphatic hydroxyl groups excluding tert-OH is 4. The summed E-state index contributed by atoms with van der Waals surface area (Å²) in [5.74, 6) is -4.25. The van der Waals surface area contributed by atoms with Crippen molar-refractivity contribution in [3.05, 3.63) is 94.2 Å². The molecule has 10 fully saturated rings. The van der Waals surface area contributed by atoms with Crippen molar-refractivity contribution in [1.82, 2.24) is 0 Å². The van der Waals surface area contributed by atoms with Gasteiger partial charge in [-0.1, -0.05) is 123 Å². The van der Waals surface area contributed by atoms with Crippen LogP contribution in [0, 0.1) is 47.3 Å². The maximum absolute atomic E-state index is 14.4. The van der Waals surface area contributed by atoms with Crippen molar-refractivity contribution in [3.63, 3.8) is 0 Å². The Bertz CT molecular complexity index is 3810. The molecule has 2 aliphatic carbocycles. The van der Waals surface area contributed by atoms with Gasteiger partial charge < -0.3 is 125 Å². The minimum absolute atomic E-state index is 0.00708. The number of ether oxygens (including phenoxy) is 20. The van der Waals surface area contributed by atoms with Gasteiger partial charge in [-0.05, 0) is 138 Å². The molecule has 14 aliphatic rings. The van der Waals surface area contributed by atoms with Crippen molar-refractivity contribution < 1.29 is 135 Å². The zero-order valence-corrected chi connectivity index (χ0v) is 76.2. The number of aliphatic hydroxyl groups is 6. The van der Waals surface area contributed by atoms with E-state index in [1.54, 1.807) is 80.4 Å². The van der Waals surface area contributed by atoms with E-state index in [1.165, 1.54) is 0 Å². The molecular formula is C95H146O28. The largest absolute Gasteiger partial charge is 0.462 e.